The van der Waals surface area contributed by atoms with Crippen LogP contribution in [0.15, 0.2) is 24.3 Å². The van der Waals surface area contributed by atoms with E-state index >= 15 is 0 Å². The van der Waals surface area contributed by atoms with Crippen molar-refractivity contribution in [1.82, 2.24) is 0 Å². The number of benzene rings is 1. The first-order valence-corrected chi connectivity index (χ1v) is 6.18. The fourth-order valence-electron chi connectivity index (χ4n) is 1.45. The van der Waals surface area contributed by atoms with E-state index in [9.17, 15) is 18.3 Å². The van der Waals surface area contributed by atoms with Crippen LogP contribution in [0.4, 0.5) is 13.2 Å². The fraction of sp³-hybridized carbons (Fsp3) is 0.571. The van der Waals surface area contributed by atoms with Crippen LogP contribution < -0.4 is 0 Å². The van der Waals surface area contributed by atoms with Gasteiger partial charge in [0.25, 0.3) is 0 Å². The van der Waals surface area contributed by atoms with Crippen LogP contribution in [-0.2, 0) is 10.9 Å². The van der Waals surface area contributed by atoms with Crippen LogP contribution in [-0.4, -0.2) is 17.8 Å². The minimum atomic E-state index is -4.40. The second-order valence-corrected chi connectivity index (χ2v) is 4.92. The summed E-state index contributed by atoms with van der Waals surface area (Å²) in [4.78, 5) is 0. The highest BCUT2D eigenvalue weighted by Gasteiger charge is 2.30. The third-order valence-corrected chi connectivity index (χ3v) is 3.05. The molecule has 0 spiro atoms. The molecule has 0 saturated carbocycles. The summed E-state index contributed by atoms with van der Waals surface area (Å²) >= 11 is 0. The van der Waals surface area contributed by atoms with Gasteiger partial charge in [0.05, 0.1) is 18.3 Å². The Kier molecular flexibility index (Phi) is 5.38. The molecule has 0 amide bonds. The van der Waals surface area contributed by atoms with Gasteiger partial charge in [-0.2, -0.15) is 13.2 Å². The minimum Gasteiger partial charge on any atom is -0.386 e. The zero-order chi connectivity index (χ0) is 14.6. The Balaban J connectivity index is 2.70. The molecular formula is C14H19F3O2. The number of alkyl halides is 3. The Hall–Kier alpha value is -1.07. The second kappa shape index (κ2) is 6.39. The van der Waals surface area contributed by atoms with E-state index in [1.54, 1.807) is 0 Å². The van der Waals surface area contributed by atoms with Crippen LogP contribution in [0.1, 0.15) is 38.0 Å². The summed E-state index contributed by atoms with van der Waals surface area (Å²) in [7, 11) is 0. The Labute approximate surface area is 111 Å². The third kappa shape index (κ3) is 4.84. The molecule has 1 N–H and O–H groups in total. The maximum atomic E-state index is 12.5. The SMILES string of the molecule is CC(C)C(C)OCC(O)c1cccc(C(F)(F)F)c1. The van der Waals surface area contributed by atoms with Gasteiger partial charge in [-0.25, -0.2) is 0 Å². The molecule has 1 rings (SSSR count). The molecule has 5 heteroatoms. The largest absolute Gasteiger partial charge is 0.416 e. The normalized spacial score (nSPS) is 15.6. The van der Waals surface area contributed by atoms with Gasteiger partial charge < -0.3 is 9.84 Å². The molecule has 0 heterocycles. The molecule has 0 radical (unpaired) electrons. The zero-order valence-corrected chi connectivity index (χ0v) is 11.2. The molecule has 0 fully saturated rings. The summed E-state index contributed by atoms with van der Waals surface area (Å²) in [5.74, 6) is 0.286. The number of hydrogen-bond donors (Lipinski definition) is 1. The molecule has 108 valence electrons. The maximum Gasteiger partial charge on any atom is 0.416 e. The maximum absolute atomic E-state index is 12.5. The van der Waals surface area contributed by atoms with Crippen molar-refractivity contribution >= 4 is 0 Å². The summed E-state index contributed by atoms with van der Waals surface area (Å²) in [6.07, 6.45) is -5.51. The van der Waals surface area contributed by atoms with Crippen molar-refractivity contribution in [3.05, 3.63) is 35.4 Å². The van der Waals surface area contributed by atoms with Crippen LogP contribution in [0.2, 0.25) is 0 Å². The number of aliphatic hydroxyl groups excluding tert-OH is 1. The Morgan fingerprint density at radius 1 is 1.21 bits per heavy atom. The smallest absolute Gasteiger partial charge is 0.386 e. The Morgan fingerprint density at radius 3 is 2.37 bits per heavy atom. The van der Waals surface area contributed by atoms with Gasteiger partial charge in [-0.05, 0) is 30.5 Å². The highest BCUT2D eigenvalue weighted by molar-refractivity contribution is 5.27. The number of rotatable bonds is 5. The third-order valence-electron chi connectivity index (χ3n) is 3.05. The molecule has 19 heavy (non-hydrogen) atoms. The quantitative estimate of drug-likeness (QED) is 0.886. The van der Waals surface area contributed by atoms with E-state index in [0.717, 1.165) is 12.1 Å². The summed E-state index contributed by atoms with van der Waals surface area (Å²) in [6, 6.07) is 4.68. The summed E-state index contributed by atoms with van der Waals surface area (Å²) in [5.41, 5.74) is -0.549. The molecule has 0 bridgehead atoms. The lowest BCUT2D eigenvalue weighted by Gasteiger charge is -2.20. The number of halogens is 3. The molecule has 0 aliphatic heterocycles. The van der Waals surface area contributed by atoms with Crippen molar-refractivity contribution in [2.24, 2.45) is 5.92 Å². The van der Waals surface area contributed by atoms with Crippen molar-refractivity contribution in [2.75, 3.05) is 6.61 Å². The van der Waals surface area contributed by atoms with Crippen molar-refractivity contribution in [1.29, 1.82) is 0 Å². The first-order valence-electron chi connectivity index (χ1n) is 6.18. The van der Waals surface area contributed by atoms with Crippen LogP contribution in [0, 0.1) is 5.92 Å². The lowest BCUT2D eigenvalue weighted by atomic mass is 10.1. The highest BCUT2D eigenvalue weighted by atomic mass is 19.4. The van der Waals surface area contributed by atoms with Gasteiger partial charge in [0.15, 0.2) is 0 Å². The molecule has 2 nitrogen and oxygen atoms in total. The first kappa shape index (κ1) is 16.0. The molecule has 0 aliphatic carbocycles. The highest BCUT2D eigenvalue weighted by Crippen LogP contribution is 2.30. The van der Waals surface area contributed by atoms with Gasteiger partial charge >= 0.3 is 6.18 Å². The number of aliphatic hydroxyl groups is 1. The van der Waals surface area contributed by atoms with Crippen molar-refractivity contribution < 1.29 is 23.0 Å². The van der Waals surface area contributed by atoms with E-state index in [4.69, 9.17) is 4.74 Å². The van der Waals surface area contributed by atoms with Crippen LogP contribution in [0.5, 0.6) is 0 Å². The first-order chi connectivity index (χ1) is 8.71. The molecular weight excluding hydrogens is 257 g/mol. The topological polar surface area (TPSA) is 29.5 Å². The summed E-state index contributed by atoms with van der Waals surface area (Å²) in [5, 5.41) is 9.85. The molecule has 2 unspecified atom stereocenters. The van der Waals surface area contributed by atoms with E-state index in [1.807, 2.05) is 20.8 Å². The predicted octanol–water partition coefficient (Wildman–Crippen LogP) is 3.80. The van der Waals surface area contributed by atoms with E-state index in [-0.39, 0.29) is 24.2 Å². The van der Waals surface area contributed by atoms with Crippen molar-refractivity contribution in [2.45, 2.75) is 39.2 Å². The fourth-order valence-corrected chi connectivity index (χ4v) is 1.45. The molecule has 2 atom stereocenters. The monoisotopic (exact) mass is 276 g/mol. The number of ether oxygens (including phenoxy) is 1. The lowest BCUT2D eigenvalue weighted by molar-refractivity contribution is -0.137. The molecule has 0 aliphatic rings. The van der Waals surface area contributed by atoms with Crippen LogP contribution in [0.3, 0.4) is 0 Å². The molecule has 1 aromatic carbocycles. The van der Waals surface area contributed by atoms with Gasteiger partial charge in [-0.1, -0.05) is 26.0 Å². The Morgan fingerprint density at radius 2 is 1.84 bits per heavy atom. The van der Waals surface area contributed by atoms with Crippen molar-refractivity contribution in [3.63, 3.8) is 0 Å². The standard InChI is InChI=1S/C14H19F3O2/c1-9(2)10(3)19-8-13(18)11-5-4-6-12(7-11)14(15,16)17/h4-7,9-10,13,18H,8H2,1-3H3. The van der Waals surface area contributed by atoms with Gasteiger partial charge in [0.1, 0.15) is 6.10 Å². The van der Waals surface area contributed by atoms with Crippen molar-refractivity contribution in [3.8, 4) is 0 Å². The van der Waals surface area contributed by atoms with E-state index in [1.165, 1.54) is 12.1 Å². The van der Waals surface area contributed by atoms with E-state index in [2.05, 4.69) is 0 Å². The van der Waals surface area contributed by atoms with Crippen LogP contribution >= 0.6 is 0 Å². The average molecular weight is 276 g/mol. The van der Waals surface area contributed by atoms with E-state index < -0.39 is 17.8 Å². The lowest BCUT2D eigenvalue weighted by Crippen LogP contribution is -2.19. The van der Waals surface area contributed by atoms with E-state index in [0.29, 0.717) is 0 Å². The zero-order valence-electron chi connectivity index (χ0n) is 11.2. The molecule has 0 aromatic heterocycles. The average Bonchev–Trinajstić information content (AvgIpc) is 2.34. The summed E-state index contributed by atoms with van der Waals surface area (Å²) in [6.45, 7) is 5.80. The van der Waals surface area contributed by atoms with Gasteiger partial charge in [-0.3, -0.25) is 0 Å². The molecule has 0 saturated heterocycles. The Bertz CT molecular complexity index is 402. The summed E-state index contributed by atoms with van der Waals surface area (Å²) < 4.78 is 43.0. The van der Waals surface area contributed by atoms with Gasteiger partial charge in [0.2, 0.25) is 0 Å². The number of hydrogen-bond acceptors (Lipinski definition) is 2. The van der Waals surface area contributed by atoms with Gasteiger partial charge in [-0.15, -0.1) is 0 Å². The van der Waals surface area contributed by atoms with Crippen LogP contribution in [0.25, 0.3) is 0 Å². The second-order valence-electron chi connectivity index (χ2n) is 4.92. The molecule has 1 aromatic rings. The minimum absolute atomic E-state index is 0.0132. The van der Waals surface area contributed by atoms with Gasteiger partial charge in [0, 0.05) is 0 Å². The predicted molar refractivity (Wildman–Crippen MR) is 66.7 cm³/mol.